The first-order valence-electron chi connectivity index (χ1n) is 8.43. The molecule has 0 spiro atoms. The summed E-state index contributed by atoms with van der Waals surface area (Å²) < 4.78 is 22.9. The Morgan fingerprint density at radius 3 is 2.23 bits per heavy atom. The zero-order chi connectivity index (χ0) is 19.3. The van der Waals surface area contributed by atoms with Crippen molar-refractivity contribution in [1.82, 2.24) is 5.32 Å². The largest absolute Gasteiger partial charge is 0.325 e. The van der Waals surface area contributed by atoms with Crippen LogP contribution in [0, 0.1) is 5.92 Å². The van der Waals surface area contributed by atoms with Gasteiger partial charge >= 0.3 is 0 Å². The molecule has 1 amide bonds. The third-order valence-electron chi connectivity index (χ3n) is 4.08. The van der Waals surface area contributed by atoms with Crippen LogP contribution >= 0.6 is 0 Å². The van der Waals surface area contributed by atoms with Crippen molar-refractivity contribution in [2.24, 2.45) is 11.1 Å². The third kappa shape index (κ3) is 5.39. The summed E-state index contributed by atoms with van der Waals surface area (Å²) in [5.41, 5.74) is 1.49. The van der Waals surface area contributed by atoms with Crippen LogP contribution in [-0.4, -0.2) is 20.4 Å². The molecule has 0 heterocycles. The zero-order valence-electron chi connectivity index (χ0n) is 15.1. The standard InChI is InChI=1S/C19H25N3O3S/c1-13(2)18(15-8-5-4-6-9-15)21-14(3)19(23)22-16-10-7-11-17(12-16)26(20,24)25/h4-14,18,21H,1-3H3,(H,22,23)(H2,20,24,25)/t14-,18+/m1/s1. The van der Waals surface area contributed by atoms with E-state index < -0.39 is 16.1 Å². The molecule has 0 aliphatic heterocycles. The molecular formula is C19H25N3O3S. The van der Waals surface area contributed by atoms with Gasteiger partial charge in [-0.15, -0.1) is 0 Å². The fourth-order valence-corrected chi connectivity index (χ4v) is 3.24. The fraction of sp³-hybridized carbons (Fsp3) is 0.316. The van der Waals surface area contributed by atoms with E-state index in [4.69, 9.17) is 5.14 Å². The lowest BCUT2D eigenvalue weighted by atomic mass is 9.95. The van der Waals surface area contributed by atoms with E-state index >= 15 is 0 Å². The molecular weight excluding hydrogens is 350 g/mol. The number of carbonyl (C=O) groups excluding carboxylic acids is 1. The average Bonchev–Trinajstić information content (AvgIpc) is 2.59. The highest BCUT2D eigenvalue weighted by Crippen LogP contribution is 2.22. The molecule has 26 heavy (non-hydrogen) atoms. The van der Waals surface area contributed by atoms with Crippen molar-refractivity contribution in [1.29, 1.82) is 0 Å². The molecule has 4 N–H and O–H groups in total. The van der Waals surface area contributed by atoms with E-state index in [1.807, 2.05) is 30.3 Å². The molecule has 0 unspecified atom stereocenters. The number of hydrogen-bond donors (Lipinski definition) is 3. The smallest absolute Gasteiger partial charge is 0.241 e. The van der Waals surface area contributed by atoms with E-state index in [0.29, 0.717) is 11.6 Å². The molecule has 2 atom stereocenters. The minimum absolute atomic E-state index is 0.0210. The van der Waals surface area contributed by atoms with Crippen LogP contribution in [0.3, 0.4) is 0 Å². The molecule has 0 bridgehead atoms. The lowest BCUT2D eigenvalue weighted by Crippen LogP contribution is -2.41. The number of carbonyl (C=O) groups is 1. The van der Waals surface area contributed by atoms with Crippen LogP contribution in [0.15, 0.2) is 59.5 Å². The zero-order valence-corrected chi connectivity index (χ0v) is 16.0. The summed E-state index contributed by atoms with van der Waals surface area (Å²) in [4.78, 5) is 12.5. The van der Waals surface area contributed by atoms with Crippen LogP contribution < -0.4 is 15.8 Å². The van der Waals surface area contributed by atoms with Crippen LogP contribution in [-0.2, 0) is 14.8 Å². The number of hydrogen-bond acceptors (Lipinski definition) is 4. The Bertz CT molecular complexity index is 851. The van der Waals surface area contributed by atoms with E-state index in [1.165, 1.54) is 18.2 Å². The Morgan fingerprint density at radius 1 is 1.00 bits per heavy atom. The molecule has 0 saturated heterocycles. The quantitative estimate of drug-likeness (QED) is 0.692. The molecule has 2 aromatic carbocycles. The fourth-order valence-electron chi connectivity index (χ4n) is 2.68. The van der Waals surface area contributed by atoms with E-state index in [2.05, 4.69) is 24.5 Å². The normalized spacial score (nSPS) is 14.0. The molecule has 2 rings (SSSR count). The maximum atomic E-state index is 12.5. The summed E-state index contributed by atoms with van der Waals surface area (Å²) in [6.45, 7) is 5.95. The Labute approximate surface area is 154 Å². The van der Waals surface area contributed by atoms with Gasteiger partial charge in [0, 0.05) is 11.7 Å². The van der Waals surface area contributed by atoms with Gasteiger partial charge in [-0.05, 0) is 36.6 Å². The van der Waals surface area contributed by atoms with Gasteiger partial charge in [0.15, 0.2) is 0 Å². The molecule has 6 nitrogen and oxygen atoms in total. The predicted molar refractivity (Wildman–Crippen MR) is 103 cm³/mol. The topological polar surface area (TPSA) is 101 Å². The van der Waals surface area contributed by atoms with Gasteiger partial charge < -0.3 is 5.32 Å². The highest BCUT2D eigenvalue weighted by molar-refractivity contribution is 7.89. The lowest BCUT2D eigenvalue weighted by molar-refractivity contribution is -0.118. The Balaban J connectivity index is 2.09. The molecule has 7 heteroatoms. The van der Waals surface area contributed by atoms with Crippen molar-refractivity contribution < 1.29 is 13.2 Å². The number of amides is 1. The molecule has 0 fully saturated rings. The van der Waals surface area contributed by atoms with Crippen LogP contribution in [0.25, 0.3) is 0 Å². The molecule has 0 radical (unpaired) electrons. The van der Waals surface area contributed by atoms with E-state index in [0.717, 1.165) is 5.56 Å². The van der Waals surface area contributed by atoms with Gasteiger partial charge in [0.05, 0.1) is 10.9 Å². The number of rotatable bonds is 7. The minimum Gasteiger partial charge on any atom is -0.325 e. The Kier molecular flexibility index (Phi) is 6.52. The lowest BCUT2D eigenvalue weighted by Gasteiger charge is -2.26. The number of anilines is 1. The summed E-state index contributed by atoms with van der Waals surface area (Å²) in [6.07, 6.45) is 0. The summed E-state index contributed by atoms with van der Waals surface area (Å²) in [5, 5.41) is 11.2. The molecule has 0 aliphatic rings. The van der Waals surface area contributed by atoms with E-state index in [1.54, 1.807) is 13.0 Å². The van der Waals surface area contributed by atoms with Crippen LogP contribution in [0.4, 0.5) is 5.69 Å². The van der Waals surface area contributed by atoms with Crippen LogP contribution in [0.1, 0.15) is 32.4 Å². The average molecular weight is 375 g/mol. The van der Waals surface area contributed by atoms with Crippen molar-refractivity contribution in [3.8, 4) is 0 Å². The molecule has 2 aromatic rings. The highest BCUT2D eigenvalue weighted by Gasteiger charge is 2.22. The molecule has 140 valence electrons. The minimum atomic E-state index is -3.81. The first kappa shape index (κ1) is 20.1. The SMILES string of the molecule is CC(C)[C@H](N[C@H](C)C(=O)Nc1cccc(S(N)(=O)=O)c1)c1ccccc1. The summed E-state index contributed by atoms with van der Waals surface area (Å²) >= 11 is 0. The maximum absolute atomic E-state index is 12.5. The number of benzene rings is 2. The van der Waals surface area contributed by atoms with Crippen molar-refractivity contribution in [3.63, 3.8) is 0 Å². The maximum Gasteiger partial charge on any atom is 0.241 e. The van der Waals surface area contributed by atoms with Crippen molar-refractivity contribution in [2.75, 3.05) is 5.32 Å². The van der Waals surface area contributed by atoms with Crippen LogP contribution in [0.5, 0.6) is 0 Å². The van der Waals surface area contributed by atoms with Gasteiger partial charge in [0.25, 0.3) is 0 Å². The number of sulfonamides is 1. The summed E-state index contributed by atoms with van der Waals surface area (Å²) in [5.74, 6) is 0.0384. The second-order valence-electron chi connectivity index (χ2n) is 6.58. The van der Waals surface area contributed by atoms with Gasteiger partial charge in [-0.2, -0.15) is 0 Å². The van der Waals surface area contributed by atoms with Crippen molar-refractivity contribution in [3.05, 3.63) is 60.2 Å². The monoisotopic (exact) mass is 375 g/mol. The predicted octanol–water partition coefficient (Wildman–Crippen LogP) is 2.65. The molecule has 0 aromatic heterocycles. The van der Waals surface area contributed by atoms with E-state index in [-0.39, 0.29) is 16.8 Å². The van der Waals surface area contributed by atoms with Gasteiger partial charge in [0.2, 0.25) is 15.9 Å². The highest BCUT2D eigenvalue weighted by atomic mass is 32.2. The first-order chi connectivity index (χ1) is 12.2. The molecule has 0 saturated carbocycles. The van der Waals surface area contributed by atoms with Crippen LogP contribution in [0.2, 0.25) is 0 Å². The third-order valence-corrected chi connectivity index (χ3v) is 4.99. The molecule has 0 aliphatic carbocycles. The van der Waals surface area contributed by atoms with Crippen molar-refractivity contribution >= 4 is 21.6 Å². The van der Waals surface area contributed by atoms with Gasteiger partial charge in [-0.25, -0.2) is 13.6 Å². The van der Waals surface area contributed by atoms with Gasteiger partial charge in [0.1, 0.15) is 0 Å². The number of nitrogens with one attached hydrogen (secondary N) is 2. The number of primary sulfonamides is 1. The Morgan fingerprint density at radius 2 is 1.65 bits per heavy atom. The van der Waals surface area contributed by atoms with Crippen molar-refractivity contribution in [2.45, 2.75) is 37.8 Å². The van der Waals surface area contributed by atoms with E-state index in [9.17, 15) is 13.2 Å². The first-order valence-corrected chi connectivity index (χ1v) is 9.98. The second-order valence-corrected chi connectivity index (χ2v) is 8.14. The second kappa shape index (κ2) is 8.44. The number of nitrogens with two attached hydrogens (primary N) is 1. The summed E-state index contributed by atoms with van der Waals surface area (Å²) in [6, 6.07) is 15.4. The van der Waals surface area contributed by atoms with Gasteiger partial charge in [-0.3, -0.25) is 10.1 Å². The Hall–Kier alpha value is -2.22. The summed E-state index contributed by atoms with van der Waals surface area (Å²) in [7, 11) is -3.81. The van der Waals surface area contributed by atoms with Gasteiger partial charge in [-0.1, -0.05) is 50.2 Å².